The number of Topliss-reactive ketones (excluding diaryl/α,β-unsaturated/α-hetero) is 2. The van der Waals surface area contributed by atoms with E-state index in [-0.39, 0.29) is 22.6 Å². The van der Waals surface area contributed by atoms with Crippen molar-refractivity contribution in [1.82, 2.24) is 0 Å². The van der Waals surface area contributed by atoms with E-state index in [9.17, 15) is 19.8 Å². The number of nitrogens with two attached hydrogens (primary N) is 1. The molecule has 0 saturated heterocycles. The molecule has 5 nitrogen and oxygen atoms in total. The number of carbonyl (C=O) groups is 2. The Morgan fingerprint density at radius 2 is 1.73 bits per heavy atom. The number of rotatable bonds is 2. The van der Waals surface area contributed by atoms with Crippen LogP contribution in [-0.4, -0.2) is 21.8 Å². The van der Waals surface area contributed by atoms with Gasteiger partial charge in [-0.25, -0.2) is 0 Å². The first-order valence-corrected chi connectivity index (χ1v) is 4.22. The van der Waals surface area contributed by atoms with Crippen molar-refractivity contribution in [2.75, 3.05) is 5.73 Å². The number of carbonyl (C=O) groups excluding carboxylic acids is 2. The summed E-state index contributed by atoms with van der Waals surface area (Å²) >= 11 is 0. The first kappa shape index (κ1) is 11.0. The molecule has 1 aromatic rings. The minimum Gasteiger partial charge on any atom is -0.504 e. The van der Waals surface area contributed by atoms with Crippen LogP contribution < -0.4 is 5.73 Å². The van der Waals surface area contributed by atoms with Crippen molar-refractivity contribution in [2.24, 2.45) is 0 Å². The molecule has 5 heteroatoms. The molecule has 4 N–H and O–H groups in total. The summed E-state index contributed by atoms with van der Waals surface area (Å²) < 4.78 is 0. The Morgan fingerprint density at radius 3 is 2.13 bits per heavy atom. The molecule has 0 aromatic heterocycles. The van der Waals surface area contributed by atoms with Crippen LogP contribution in [0.1, 0.15) is 34.6 Å². The quantitative estimate of drug-likeness (QED) is 0.293. The highest BCUT2D eigenvalue weighted by Crippen LogP contribution is 2.36. The zero-order valence-electron chi connectivity index (χ0n) is 8.37. The molecule has 0 spiro atoms. The van der Waals surface area contributed by atoms with Crippen molar-refractivity contribution in [3.8, 4) is 11.5 Å². The van der Waals surface area contributed by atoms with E-state index in [4.69, 9.17) is 5.73 Å². The van der Waals surface area contributed by atoms with E-state index in [1.165, 1.54) is 13.8 Å². The van der Waals surface area contributed by atoms with Gasteiger partial charge in [-0.05, 0) is 19.9 Å². The Morgan fingerprint density at radius 1 is 1.20 bits per heavy atom. The molecule has 0 atom stereocenters. The second-order valence-electron chi connectivity index (χ2n) is 3.19. The molecule has 0 radical (unpaired) electrons. The fraction of sp³-hybridized carbons (Fsp3) is 0.200. The predicted molar refractivity (Wildman–Crippen MR) is 54.2 cm³/mol. The van der Waals surface area contributed by atoms with Gasteiger partial charge in [-0.15, -0.1) is 0 Å². The average molecular weight is 209 g/mol. The van der Waals surface area contributed by atoms with Crippen molar-refractivity contribution < 1.29 is 19.8 Å². The van der Waals surface area contributed by atoms with E-state index in [0.29, 0.717) is 0 Å². The third kappa shape index (κ3) is 1.76. The lowest BCUT2D eigenvalue weighted by molar-refractivity contribution is 0.101. The van der Waals surface area contributed by atoms with Gasteiger partial charge < -0.3 is 15.9 Å². The molecular weight excluding hydrogens is 198 g/mol. The van der Waals surface area contributed by atoms with E-state index in [2.05, 4.69) is 0 Å². The molecule has 0 unspecified atom stereocenters. The van der Waals surface area contributed by atoms with Crippen LogP contribution >= 0.6 is 0 Å². The summed E-state index contributed by atoms with van der Waals surface area (Å²) in [6.07, 6.45) is 0. The number of hydrogen-bond acceptors (Lipinski definition) is 5. The van der Waals surface area contributed by atoms with Crippen molar-refractivity contribution in [2.45, 2.75) is 13.8 Å². The molecule has 15 heavy (non-hydrogen) atoms. The van der Waals surface area contributed by atoms with Gasteiger partial charge in [0.05, 0.1) is 11.3 Å². The van der Waals surface area contributed by atoms with Gasteiger partial charge in [0.2, 0.25) is 0 Å². The fourth-order valence-corrected chi connectivity index (χ4v) is 1.32. The van der Waals surface area contributed by atoms with Crippen LogP contribution in [-0.2, 0) is 0 Å². The molecular formula is C10H11NO4. The lowest BCUT2D eigenvalue weighted by Gasteiger charge is -2.10. The van der Waals surface area contributed by atoms with Crippen molar-refractivity contribution in [3.63, 3.8) is 0 Å². The number of phenolic OH excluding ortho intramolecular Hbond substituents is 2. The summed E-state index contributed by atoms with van der Waals surface area (Å²) in [5.74, 6) is -2.02. The Hall–Kier alpha value is -2.04. The third-order valence-corrected chi connectivity index (χ3v) is 2.05. The van der Waals surface area contributed by atoms with Gasteiger partial charge in [-0.1, -0.05) is 0 Å². The average Bonchev–Trinajstić information content (AvgIpc) is 2.10. The monoisotopic (exact) mass is 209 g/mol. The molecule has 0 bridgehead atoms. The van der Waals surface area contributed by atoms with Crippen molar-refractivity contribution in [1.29, 1.82) is 0 Å². The summed E-state index contributed by atoms with van der Waals surface area (Å²) in [5, 5.41) is 18.7. The Kier molecular flexibility index (Phi) is 2.65. The van der Waals surface area contributed by atoms with Gasteiger partial charge >= 0.3 is 0 Å². The van der Waals surface area contributed by atoms with Crippen LogP contribution in [0.25, 0.3) is 0 Å². The van der Waals surface area contributed by atoms with E-state index in [0.717, 1.165) is 6.07 Å². The molecule has 0 saturated carbocycles. The first-order valence-electron chi connectivity index (χ1n) is 4.22. The molecule has 0 amide bonds. The van der Waals surface area contributed by atoms with Gasteiger partial charge in [0, 0.05) is 5.56 Å². The summed E-state index contributed by atoms with van der Waals surface area (Å²) in [6, 6.07) is 1.04. The highest BCUT2D eigenvalue weighted by atomic mass is 16.3. The standard InChI is InChI=1S/C10H11NO4/c1-4(12)6-3-7(14)10(15)8(5(2)13)9(6)11/h3,14-15H,11H2,1-2H3. The largest absolute Gasteiger partial charge is 0.504 e. The van der Waals surface area contributed by atoms with Crippen LogP contribution in [0.4, 0.5) is 5.69 Å². The van der Waals surface area contributed by atoms with Crippen LogP contribution in [0.2, 0.25) is 0 Å². The lowest BCUT2D eigenvalue weighted by Crippen LogP contribution is -2.07. The van der Waals surface area contributed by atoms with E-state index >= 15 is 0 Å². The predicted octanol–water partition coefficient (Wildman–Crippen LogP) is 1.09. The minimum absolute atomic E-state index is 0.0236. The van der Waals surface area contributed by atoms with Gasteiger partial charge in [-0.2, -0.15) is 0 Å². The fourth-order valence-electron chi connectivity index (χ4n) is 1.32. The first-order chi connectivity index (χ1) is 6.86. The van der Waals surface area contributed by atoms with E-state index in [1.54, 1.807) is 0 Å². The molecule has 80 valence electrons. The number of phenols is 2. The van der Waals surface area contributed by atoms with Gasteiger partial charge in [-0.3, -0.25) is 9.59 Å². The number of ketones is 2. The SMILES string of the molecule is CC(=O)c1cc(O)c(O)c(C(C)=O)c1N. The topological polar surface area (TPSA) is 101 Å². The zero-order valence-corrected chi connectivity index (χ0v) is 8.37. The maximum Gasteiger partial charge on any atom is 0.170 e. The number of nitrogen functional groups attached to an aromatic ring is 1. The summed E-state index contributed by atoms with van der Waals surface area (Å²) in [5.41, 5.74) is 5.24. The minimum atomic E-state index is -0.593. The summed E-state index contributed by atoms with van der Waals surface area (Å²) in [4.78, 5) is 22.3. The number of aromatic hydroxyl groups is 2. The maximum atomic E-state index is 11.2. The molecule has 0 fully saturated rings. The summed E-state index contributed by atoms with van der Waals surface area (Å²) in [7, 11) is 0. The molecule has 0 aliphatic heterocycles. The smallest absolute Gasteiger partial charge is 0.170 e. The highest BCUT2D eigenvalue weighted by Gasteiger charge is 2.20. The van der Waals surface area contributed by atoms with Gasteiger partial charge in [0.15, 0.2) is 23.1 Å². The molecule has 1 rings (SSSR count). The normalized spacial score (nSPS) is 10.0. The highest BCUT2D eigenvalue weighted by molar-refractivity contribution is 6.09. The summed E-state index contributed by atoms with van der Waals surface area (Å²) in [6.45, 7) is 2.45. The molecule has 0 aliphatic carbocycles. The van der Waals surface area contributed by atoms with Crippen LogP contribution in [0.3, 0.4) is 0 Å². The Balaban J connectivity index is 3.63. The maximum absolute atomic E-state index is 11.2. The van der Waals surface area contributed by atoms with Crippen molar-refractivity contribution >= 4 is 17.3 Å². The molecule has 0 heterocycles. The number of hydrogen-bond donors (Lipinski definition) is 3. The number of benzene rings is 1. The lowest BCUT2D eigenvalue weighted by atomic mass is 10.0. The molecule has 1 aromatic carbocycles. The van der Waals surface area contributed by atoms with Crippen LogP contribution in [0.15, 0.2) is 6.07 Å². The van der Waals surface area contributed by atoms with Crippen molar-refractivity contribution in [3.05, 3.63) is 17.2 Å². The molecule has 0 aliphatic rings. The third-order valence-electron chi connectivity index (χ3n) is 2.05. The van der Waals surface area contributed by atoms with E-state index < -0.39 is 17.3 Å². The number of anilines is 1. The zero-order chi connectivity index (χ0) is 11.7. The van der Waals surface area contributed by atoms with Gasteiger partial charge in [0.1, 0.15) is 0 Å². The Bertz CT molecular complexity index is 451. The Labute approximate surface area is 86.1 Å². The second-order valence-corrected chi connectivity index (χ2v) is 3.19. The van der Waals surface area contributed by atoms with Gasteiger partial charge in [0.25, 0.3) is 0 Å². The van der Waals surface area contributed by atoms with Crippen LogP contribution in [0, 0.1) is 0 Å². The van der Waals surface area contributed by atoms with E-state index in [1.807, 2.05) is 0 Å². The second kappa shape index (κ2) is 3.61. The van der Waals surface area contributed by atoms with Crippen LogP contribution in [0.5, 0.6) is 11.5 Å².